The maximum Gasteiger partial charge on any atom is 0.272 e. The van der Waals surface area contributed by atoms with Gasteiger partial charge in [0.25, 0.3) is 5.91 Å². The van der Waals surface area contributed by atoms with Gasteiger partial charge in [-0.2, -0.15) is 5.10 Å². The number of carbonyl (C=O) groups excluding carboxylic acids is 1. The van der Waals surface area contributed by atoms with Gasteiger partial charge in [0.1, 0.15) is 5.82 Å². The van der Waals surface area contributed by atoms with Gasteiger partial charge >= 0.3 is 0 Å². The van der Waals surface area contributed by atoms with Crippen molar-refractivity contribution in [1.29, 1.82) is 0 Å². The van der Waals surface area contributed by atoms with Crippen molar-refractivity contribution in [2.75, 3.05) is 0 Å². The zero-order valence-corrected chi connectivity index (χ0v) is 14.8. The number of hydrogen-bond acceptors (Lipinski definition) is 4. The fourth-order valence-corrected chi connectivity index (χ4v) is 2.80. The number of aromatic nitrogens is 4. The Labute approximate surface area is 160 Å². The summed E-state index contributed by atoms with van der Waals surface area (Å²) in [4.78, 5) is 20.7. The Morgan fingerprint density at radius 2 is 1.86 bits per heavy atom. The Kier molecular flexibility index (Phi) is 4.88. The number of pyridine rings is 2. The summed E-state index contributed by atoms with van der Waals surface area (Å²) in [5.41, 5.74) is 3.13. The van der Waals surface area contributed by atoms with Gasteiger partial charge in [-0.15, -0.1) is 0 Å². The molecule has 0 spiro atoms. The van der Waals surface area contributed by atoms with E-state index in [4.69, 9.17) is 0 Å². The number of benzene rings is 1. The van der Waals surface area contributed by atoms with Crippen LogP contribution in [-0.4, -0.2) is 25.7 Å². The molecule has 1 aromatic carbocycles. The molecule has 28 heavy (non-hydrogen) atoms. The Hall–Kier alpha value is -3.87. The van der Waals surface area contributed by atoms with Crippen molar-refractivity contribution in [1.82, 2.24) is 25.1 Å². The van der Waals surface area contributed by atoms with E-state index in [1.54, 1.807) is 47.7 Å². The molecule has 3 heterocycles. The number of nitrogens with zero attached hydrogens (tertiary/aromatic N) is 4. The van der Waals surface area contributed by atoms with Gasteiger partial charge in [0.05, 0.1) is 11.4 Å². The van der Waals surface area contributed by atoms with Gasteiger partial charge in [0.2, 0.25) is 0 Å². The third-order valence-corrected chi connectivity index (χ3v) is 4.15. The van der Waals surface area contributed by atoms with Gasteiger partial charge < -0.3 is 5.32 Å². The summed E-state index contributed by atoms with van der Waals surface area (Å²) in [6.45, 7) is 0.337. The largest absolute Gasteiger partial charge is 0.347 e. The van der Waals surface area contributed by atoms with Crippen molar-refractivity contribution in [2.45, 2.75) is 6.54 Å². The molecule has 0 radical (unpaired) electrons. The van der Waals surface area contributed by atoms with E-state index in [-0.39, 0.29) is 17.4 Å². The second-order valence-corrected chi connectivity index (χ2v) is 6.09. The van der Waals surface area contributed by atoms with Crippen LogP contribution in [-0.2, 0) is 6.54 Å². The lowest BCUT2D eigenvalue weighted by molar-refractivity contribution is 0.0945. The molecule has 4 rings (SSSR count). The average molecular weight is 373 g/mol. The Morgan fingerprint density at radius 1 is 1.00 bits per heavy atom. The molecule has 4 aromatic rings. The molecule has 7 heteroatoms. The van der Waals surface area contributed by atoms with Crippen LogP contribution >= 0.6 is 0 Å². The highest BCUT2D eigenvalue weighted by Gasteiger charge is 2.17. The molecule has 138 valence electrons. The summed E-state index contributed by atoms with van der Waals surface area (Å²) in [7, 11) is 0. The van der Waals surface area contributed by atoms with Crippen molar-refractivity contribution >= 4 is 5.91 Å². The molecule has 0 aliphatic rings. The van der Waals surface area contributed by atoms with Crippen LogP contribution in [0.2, 0.25) is 0 Å². The molecule has 0 aliphatic heterocycles. The predicted octanol–water partition coefficient (Wildman–Crippen LogP) is 3.40. The molecule has 0 unspecified atom stereocenters. The number of nitrogens with one attached hydrogen (secondary N) is 1. The highest BCUT2D eigenvalue weighted by molar-refractivity contribution is 5.93. The SMILES string of the molecule is O=C(NCc1cccnc1)c1cc(-c2ccncc2)n(-c2cccc(F)c2)n1. The van der Waals surface area contributed by atoms with E-state index in [0.29, 0.717) is 17.9 Å². The quantitative estimate of drug-likeness (QED) is 0.582. The van der Waals surface area contributed by atoms with Crippen molar-refractivity contribution in [3.8, 4) is 16.9 Å². The van der Waals surface area contributed by atoms with Gasteiger partial charge in [-0.3, -0.25) is 14.8 Å². The fourth-order valence-electron chi connectivity index (χ4n) is 2.80. The second-order valence-electron chi connectivity index (χ2n) is 6.09. The van der Waals surface area contributed by atoms with Crippen molar-refractivity contribution in [2.24, 2.45) is 0 Å². The first-order chi connectivity index (χ1) is 13.7. The molecular formula is C21H16FN5O. The minimum atomic E-state index is -0.378. The topological polar surface area (TPSA) is 72.7 Å². The number of rotatable bonds is 5. The number of amides is 1. The van der Waals surface area contributed by atoms with Crippen LogP contribution in [0.1, 0.15) is 16.1 Å². The van der Waals surface area contributed by atoms with Crippen LogP contribution in [0.15, 0.2) is 79.4 Å². The predicted molar refractivity (Wildman–Crippen MR) is 102 cm³/mol. The van der Waals surface area contributed by atoms with Gasteiger partial charge in [-0.25, -0.2) is 9.07 Å². The lowest BCUT2D eigenvalue weighted by Crippen LogP contribution is -2.23. The van der Waals surface area contributed by atoms with Crippen LogP contribution in [0.3, 0.4) is 0 Å². The van der Waals surface area contributed by atoms with Crippen molar-refractivity contribution in [3.05, 3.63) is 96.5 Å². The molecule has 3 aromatic heterocycles. The maximum atomic E-state index is 13.7. The van der Waals surface area contributed by atoms with Crippen molar-refractivity contribution in [3.63, 3.8) is 0 Å². The zero-order chi connectivity index (χ0) is 19.3. The summed E-state index contributed by atoms with van der Waals surface area (Å²) < 4.78 is 15.3. The highest BCUT2D eigenvalue weighted by atomic mass is 19.1. The first-order valence-corrected chi connectivity index (χ1v) is 8.64. The van der Waals surface area contributed by atoms with E-state index in [0.717, 1.165) is 11.1 Å². The minimum absolute atomic E-state index is 0.236. The molecule has 1 N–H and O–H groups in total. The van der Waals surface area contributed by atoms with Gasteiger partial charge in [0, 0.05) is 36.9 Å². The first-order valence-electron chi connectivity index (χ1n) is 8.64. The summed E-state index contributed by atoms with van der Waals surface area (Å²) in [6, 6.07) is 15.0. The van der Waals surface area contributed by atoms with Gasteiger partial charge in [-0.05, 0) is 48.0 Å². The molecule has 0 saturated carbocycles. The Morgan fingerprint density at radius 3 is 2.61 bits per heavy atom. The molecule has 0 atom stereocenters. The van der Waals surface area contributed by atoms with Crippen LogP contribution < -0.4 is 5.32 Å². The lowest BCUT2D eigenvalue weighted by atomic mass is 10.1. The van der Waals surface area contributed by atoms with Crippen LogP contribution in [0.25, 0.3) is 16.9 Å². The van der Waals surface area contributed by atoms with Crippen LogP contribution in [0.5, 0.6) is 0 Å². The van der Waals surface area contributed by atoms with E-state index in [1.165, 1.54) is 12.1 Å². The second kappa shape index (κ2) is 7.79. The van der Waals surface area contributed by atoms with Gasteiger partial charge in [0.15, 0.2) is 5.69 Å². The Balaban J connectivity index is 1.68. The van der Waals surface area contributed by atoms with E-state index in [9.17, 15) is 9.18 Å². The summed E-state index contributed by atoms with van der Waals surface area (Å²) in [5.74, 6) is -0.703. The molecule has 6 nitrogen and oxygen atoms in total. The number of halogens is 1. The normalized spacial score (nSPS) is 10.6. The minimum Gasteiger partial charge on any atom is -0.347 e. The van der Waals surface area contributed by atoms with E-state index >= 15 is 0 Å². The molecule has 0 saturated heterocycles. The standard InChI is InChI=1S/C21H16FN5O/c22-17-4-1-5-18(11-17)27-20(16-6-9-23-10-7-16)12-19(26-27)21(28)25-14-15-3-2-8-24-13-15/h1-13H,14H2,(H,25,28). The number of hydrogen-bond donors (Lipinski definition) is 1. The highest BCUT2D eigenvalue weighted by Crippen LogP contribution is 2.24. The lowest BCUT2D eigenvalue weighted by Gasteiger charge is -2.07. The molecule has 0 bridgehead atoms. The number of carbonyl (C=O) groups is 1. The average Bonchev–Trinajstić information content (AvgIpc) is 3.19. The van der Waals surface area contributed by atoms with E-state index in [1.807, 2.05) is 24.3 Å². The molecule has 0 aliphatic carbocycles. The van der Waals surface area contributed by atoms with E-state index in [2.05, 4.69) is 20.4 Å². The van der Waals surface area contributed by atoms with Gasteiger partial charge in [-0.1, -0.05) is 12.1 Å². The smallest absolute Gasteiger partial charge is 0.272 e. The third-order valence-electron chi connectivity index (χ3n) is 4.15. The monoisotopic (exact) mass is 373 g/mol. The summed E-state index contributed by atoms with van der Waals surface area (Å²) in [6.07, 6.45) is 6.67. The zero-order valence-electron chi connectivity index (χ0n) is 14.8. The summed E-state index contributed by atoms with van der Waals surface area (Å²) in [5, 5.41) is 7.24. The Bertz CT molecular complexity index is 1100. The maximum absolute atomic E-state index is 13.7. The first kappa shape index (κ1) is 17.5. The summed E-state index contributed by atoms with van der Waals surface area (Å²) >= 11 is 0. The van der Waals surface area contributed by atoms with Crippen LogP contribution in [0.4, 0.5) is 4.39 Å². The van der Waals surface area contributed by atoms with E-state index < -0.39 is 0 Å². The fraction of sp³-hybridized carbons (Fsp3) is 0.0476. The van der Waals surface area contributed by atoms with Crippen LogP contribution in [0, 0.1) is 5.82 Å². The molecule has 0 fully saturated rings. The molecular weight excluding hydrogens is 357 g/mol. The molecule has 1 amide bonds. The van der Waals surface area contributed by atoms with Crippen molar-refractivity contribution < 1.29 is 9.18 Å². The third kappa shape index (κ3) is 3.78.